The zero-order chi connectivity index (χ0) is 17.2. The first-order valence-electron chi connectivity index (χ1n) is 8.99. The van der Waals surface area contributed by atoms with E-state index in [0.29, 0.717) is 6.04 Å². The van der Waals surface area contributed by atoms with Crippen molar-refractivity contribution in [1.82, 2.24) is 20.6 Å². The van der Waals surface area contributed by atoms with E-state index in [1.54, 1.807) is 0 Å². The van der Waals surface area contributed by atoms with Crippen LogP contribution in [0.5, 0.6) is 0 Å². The fourth-order valence-corrected chi connectivity index (χ4v) is 4.09. The lowest BCUT2D eigenvalue weighted by Gasteiger charge is -2.46. The molecule has 2 saturated heterocycles. The van der Waals surface area contributed by atoms with E-state index in [-0.39, 0.29) is 11.1 Å². The van der Waals surface area contributed by atoms with Gasteiger partial charge in [0.1, 0.15) is 0 Å². The van der Waals surface area contributed by atoms with E-state index in [1.807, 2.05) is 12.4 Å². The maximum Gasteiger partial charge on any atom is 0.225 e. The molecule has 0 aromatic carbocycles. The number of ether oxygens (including phenoxy) is 1. The first kappa shape index (κ1) is 17.6. The third-order valence-electron chi connectivity index (χ3n) is 4.77. The Morgan fingerprint density at radius 3 is 2.29 bits per heavy atom. The van der Waals surface area contributed by atoms with Crippen molar-refractivity contribution in [1.29, 1.82) is 0 Å². The molecule has 3 rings (SSSR count). The van der Waals surface area contributed by atoms with Gasteiger partial charge in [-0.05, 0) is 40.5 Å². The van der Waals surface area contributed by atoms with Crippen molar-refractivity contribution in [3.05, 3.63) is 18.0 Å². The molecule has 2 aliphatic heterocycles. The fraction of sp³-hybridized carbons (Fsp3) is 0.778. The van der Waals surface area contributed by atoms with E-state index >= 15 is 0 Å². The molecule has 0 amide bonds. The number of hydrogen-bond donors (Lipinski definition) is 2. The van der Waals surface area contributed by atoms with Crippen molar-refractivity contribution in [2.24, 2.45) is 0 Å². The van der Waals surface area contributed by atoms with Gasteiger partial charge in [-0.25, -0.2) is 9.97 Å². The molecule has 2 fully saturated rings. The first-order chi connectivity index (χ1) is 11.3. The standard InChI is InChI=1S/C18H31N5O/c1-17(2)9-15(10-18(3,4)22-17)19-11-14-12-20-16(21-13-14)23-5-7-24-8-6-23/h12-13,15,19,22H,5-11H2,1-4H3. The van der Waals surface area contributed by atoms with Crippen LogP contribution in [-0.2, 0) is 11.3 Å². The monoisotopic (exact) mass is 333 g/mol. The molecule has 6 heteroatoms. The van der Waals surface area contributed by atoms with Crippen molar-refractivity contribution in [2.75, 3.05) is 31.2 Å². The van der Waals surface area contributed by atoms with Gasteiger partial charge in [0, 0.05) is 54.7 Å². The first-order valence-corrected chi connectivity index (χ1v) is 8.99. The molecule has 2 aliphatic rings. The summed E-state index contributed by atoms with van der Waals surface area (Å²) in [4.78, 5) is 11.2. The number of hydrogen-bond acceptors (Lipinski definition) is 6. The van der Waals surface area contributed by atoms with Gasteiger partial charge in [-0.2, -0.15) is 0 Å². The summed E-state index contributed by atoms with van der Waals surface area (Å²) in [7, 11) is 0. The molecule has 0 saturated carbocycles. The number of rotatable bonds is 4. The summed E-state index contributed by atoms with van der Waals surface area (Å²) in [6, 6.07) is 0.509. The van der Waals surface area contributed by atoms with Crippen LogP contribution in [0.15, 0.2) is 12.4 Å². The van der Waals surface area contributed by atoms with Crippen molar-refractivity contribution in [2.45, 2.75) is 64.2 Å². The van der Waals surface area contributed by atoms with Crippen molar-refractivity contribution >= 4 is 5.95 Å². The minimum atomic E-state index is 0.163. The van der Waals surface area contributed by atoms with Crippen LogP contribution in [0.4, 0.5) is 5.95 Å². The highest BCUT2D eigenvalue weighted by atomic mass is 16.5. The molecule has 0 spiro atoms. The smallest absolute Gasteiger partial charge is 0.225 e. The van der Waals surface area contributed by atoms with Crippen LogP contribution >= 0.6 is 0 Å². The Bertz CT molecular complexity index is 521. The van der Waals surface area contributed by atoms with E-state index in [2.05, 4.69) is 53.2 Å². The SMILES string of the molecule is CC1(C)CC(NCc2cnc(N3CCOCC3)nc2)CC(C)(C)N1. The van der Waals surface area contributed by atoms with Crippen LogP contribution in [-0.4, -0.2) is 53.4 Å². The largest absolute Gasteiger partial charge is 0.378 e. The number of nitrogens with zero attached hydrogens (tertiary/aromatic N) is 3. The normalized spacial score (nSPS) is 24.1. The summed E-state index contributed by atoms with van der Waals surface area (Å²) in [6.07, 6.45) is 6.15. The third kappa shape index (κ3) is 4.65. The Labute approximate surface area is 145 Å². The Balaban J connectivity index is 1.54. The summed E-state index contributed by atoms with van der Waals surface area (Å²) in [5, 5.41) is 7.42. The van der Waals surface area contributed by atoms with Crippen LogP contribution < -0.4 is 15.5 Å². The maximum atomic E-state index is 5.37. The van der Waals surface area contributed by atoms with E-state index in [9.17, 15) is 0 Å². The second kappa shape index (κ2) is 6.94. The van der Waals surface area contributed by atoms with E-state index in [0.717, 1.165) is 57.2 Å². The Morgan fingerprint density at radius 2 is 1.71 bits per heavy atom. The maximum absolute atomic E-state index is 5.37. The fourth-order valence-electron chi connectivity index (χ4n) is 4.09. The molecule has 134 valence electrons. The van der Waals surface area contributed by atoms with Crippen LogP contribution in [0.3, 0.4) is 0 Å². The summed E-state index contributed by atoms with van der Waals surface area (Å²) in [5.74, 6) is 0.811. The van der Waals surface area contributed by atoms with Gasteiger partial charge in [-0.1, -0.05) is 0 Å². The van der Waals surface area contributed by atoms with E-state index in [4.69, 9.17) is 4.74 Å². The number of aromatic nitrogens is 2. The molecule has 1 aromatic heterocycles. The molecule has 2 N–H and O–H groups in total. The zero-order valence-corrected chi connectivity index (χ0v) is 15.4. The summed E-state index contributed by atoms with van der Waals surface area (Å²) in [6.45, 7) is 13.2. The Hall–Kier alpha value is -1.24. The molecule has 6 nitrogen and oxygen atoms in total. The lowest BCUT2D eigenvalue weighted by atomic mass is 9.79. The third-order valence-corrected chi connectivity index (χ3v) is 4.77. The second-order valence-corrected chi connectivity index (χ2v) is 8.37. The Kier molecular flexibility index (Phi) is 5.08. The van der Waals surface area contributed by atoms with Gasteiger partial charge in [0.05, 0.1) is 13.2 Å². The highest BCUT2D eigenvalue weighted by Gasteiger charge is 2.37. The van der Waals surface area contributed by atoms with Crippen molar-refractivity contribution in [3.8, 4) is 0 Å². The zero-order valence-electron chi connectivity index (χ0n) is 15.4. The minimum absolute atomic E-state index is 0.163. The lowest BCUT2D eigenvalue weighted by Crippen LogP contribution is -2.61. The molecule has 0 unspecified atom stereocenters. The van der Waals surface area contributed by atoms with Gasteiger partial charge in [0.15, 0.2) is 0 Å². The molecular formula is C18H31N5O. The average Bonchev–Trinajstić information content (AvgIpc) is 2.51. The number of piperidine rings is 1. The molecular weight excluding hydrogens is 302 g/mol. The number of nitrogens with one attached hydrogen (secondary N) is 2. The van der Waals surface area contributed by atoms with Gasteiger partial charge in [0.2, 0.25) is 5.95 Å². The molecule has 0 aliphatic carbocycles. The molecule has 0 bridgehead atoms. The highest BCUT2D eigenvalue weighted by Crippen LogP contribution is 2.28. The van der Waals surface area contributed by atoms with Crippen LogP contribution in [0.25, 0.3) is 0 Å². The molecule has 0 radical (unpaired) electrons. The van der Waals surface area contributed by atoms with E-state index < -0.39 is 0 Å². The van der Waals surface area contributed by atoms with Gasteiger partial charge < -0.3 is 20.3 Å². The molecule has 24 heavy (non-hydrogen) atoms. The van der Waals surface area contributed by atoms with Crippen LogP contribution in [0.1, 0.15) is 46.1 Å². The average molecular weight is 333 g/mol. The van der Waals surface area contributed by atoms with Gasteiger partial charge in [-0.3, -0.25) is 0 Å². The minimum Gasteiger partial charge on any atom is -0.378 e. The topological polar surface area (TPSA) is 62.3 Å². The number of morpholine rings is 1. The van der Waals surface area contributed by atoms with Crippen molar-refractivity contribution < 1.29 is 4.74 Å². The van der Waals surface area contributed by atoms with Gasteiger partial charge in [-0.15, -0.1) is 0 Å². The van der Waals surface area contributed by atoms with Gasteiger partial charge in [0.25, 0.3) is 0 Å². The second-order valence-electron chi connectivity index (χ2n) is 8.37. The quantitative estimate of drug-likeness (QED) is 0.875. The summed E-state index contributed by atoms with van der Waals surface area (Å²) < 4.78 is 5.37. The highest BCUT2D eigenvalue weighted by molar-refractivity contribution is 5.30. The van der Waals surface area contributed by atoms with Crippen molar-refractivity contribution in [3.63, 3.8) is 0 Å². The Morgan fingerprint density at radius 1 is 1.12 bits per heavy atom. The summed E-state index contributed by atoms with van der Waals surface area (Å²) >= 11 is 0. The predicted octanol–water partition coefficient (Wildman–Crippen LogP) is 1.71. The molecule has 3 heterocycles. The predicted molar refractivity (Wildman–Crippen MR) is 96.2 cm³/mol. The van der Waals surface area contributed by atoms with Gasteiger partial charge >= 0.3 is 0 Å². The van der Waals surface area contributed by atoms with Crippen LogP contribution in [0.2, 0.25) is 0 Å². The summed E-state index contributed by atoms with van der Waals surface area (Å²) in [5.41, 5.74) is 1.47. The lowest BCUT2D eigenvalue weighted by molar-refractivity contribution is 0.122. The van der Waals surface area contributed by atoms with E-state index in [1.165, 1.54) is 0 Å². The van der Waals surface area contributed by atoms with Crippen LogP contribution in [0, 0.1) is 0 Å². The molecule has 0 atom stereocenters. The number of anilines is 1. The molecule has 1 aromatic rings.